The first-order valence-corrected chi connectivity index (χ1v) is 8.00. The maximum Gasteiger partial charge on any atom is 0.335 e. The Kier molecular flexibility index (Phi) is 3.72. The first kappa shape index (κ1) is 14.2. The van der Waals surface area contributed by atoms with Crippen LogP contribution in [0.1, 0.15) is 18.4 Å². The summed E-state index contributed by atoms with van der Waals surface area (Å²) in [5.74, 6) is -0.235. The molecule has 1 saturated heterocycles. The summed E-state index contributed by atoms with van der Waals surface area (Å²) in [7, 11) is 0. The van der Waals surface area contributed by atoms with Crippen LogP contribution in [-0.4, -0.2) is 18.7 Å². The average molecular weight is 306 g/mol. The molecule has 3 nitrogen and oxygen atoms in total. The minimum Gasteiger partial charge on any atom is -0.464 e. The van der Waals surface area contributed by atoms with Crippen LogP contribution < -0.4 is 0 Å². The summed E-state index contributed by atoms with van der Waals surface area (Å²) in [5.41, 5.74) is 1.14. The number of hydrogen-bond donors (Lipinski definition) is 0. The van der Waals surface area contributed by atoms with Gasteiger partial charge in [0.25, 0.3) is 0 Å². The van der Waals surface area contributed by atoms with E-state index in [9.17, 15) is 4.79 Å². The van der Waals surface area contributed by atoms with Crippen molar-refractivity contribution in [2.45, 2.75) is 25.6 Å². The van der Waals surface area contributed by atoms with Crippen molar-refractivity contribution >= 4 is 27.5 Å². The number of cyclic esters (lactones) is 1. The molecule has 116 valence electrons. The Morgan fingerprint density at radius 1 is 1.00 bits per heavy atom. The first-order valence-electron chi connectivity index (χ1n) is 8.00. The number of fused-ring (bicyclic) bond motifs is 2. The van der Waals surface area contributed by atoms with Crippen LogP contribution in [0.2, 0.25) is 0 Å². The summed E-state index contributed by atoms with van der Waals surface area (Å²) in [6.45, 7) is 0.928. The summed E-state index contributed by atoms with van der Waals surface area (Å²) >= 11 is 0. The van der Waals surface area contributed by atoms with E-state index in [1.807, 2.05) is 24.3 Å². The van der Waals surface area contributed by atoms with Gasteiger partial charge in [-0.2, -0.15) is 0 Å². The van der Waals surface area contributed by atoms with Gasteiger partial charge in [-0.15, -0.1) is 0 Å². The van der Waals surface area contributed by atoms with Crippen molar-refractivity contribution in [1.29, 1.82) is 0 Å². The van der Waals surface area contributed by atoms with E-state index in [4.69, 9.17) is 9.47 Å². The largest absolute Gasteiger partial charge is 0.464 e. The maximum atomic E-state index is 11.8. The van der Waals surface area contributed by atoms with Gasteiger partial charge < -0.3 is 9.47 Å². The fraction of sp³-hybridized carbons (Fsp3) is 0.250. The van der Waals surface area contributed by atoms with Crippen molar-refractivity contribution in [3.8, 4) is 0 Å². The Balaban J connectivity index is 1.75. The lowest BCUT2D eigenvalue weighted by Gasteiger charge is -2.22. The molecule has 1 aliphatic heterocycles. The molecular formula is C20H18O3. The van der Waals surface area contributed by atoms with Crippen LogP contribution in [0.25, 0.3) is 21.5 Å². The van der Waals surface area contributed by atoms with E-state index in [1.165, 1.54) is 21.5 Å². The molecule has 1 atom stereocenters. The molecule has 0 amide bonds. The Morgan fingerprint density at radius 2 is 1.65 bits per heavy atom. The Bertz CT molecular complexity index is 815. The predicted octanol–water partition coefficient (Wildman–Crippen LogP) is 4.22. The zero-order chi connectivity index (χ0) is 15.6. The number of esters is 1. The molecule has 1 unspecified atom stereocenters. The molecule has 0 aromatic heterocycles. The molecule has 0 saturated carbocycles. The van der Waals surface area contributed by atoms with Gasteiger partial charge >= 0.3 is 5.97 Å². The van der Waals surface area contributed by atoms with Crippen LogP contribution in [-0.2, 0) is 20.9 Å². The number of benzene rings is 3. The van der Waals surface area contributed by atoms with Crippen molar-refractivity contribution in [2.75, 3.05) is 6.61 Å². The minimum absolute atomic E-state index is 0.235. The van der Waals surface area contributed by atoms with Gasteiger partial charge in [-0.25, -0.2) is 4.79 Å². The Labute approximate surface area is 134 Å². The second-order valence-corrected chi connectivity index (χ2v) is 5.91. The van der Waals surface area contributed by atoms with Crippen LogP contribution in [0.3, 0.4) is 0 Å². The van der Waals surface area contributed by atoms with Crippen LogP contribution in [0, 0.1) is 0 Å². The smallest absolute Gasteiger partial charge is 0.335 e. The number of rotatable bonds is 3. The van der Waals surface area contributed by atoms with E-state index >= 15 is 0 Å². The lowest BCUT2D eigenvalue weighted by Crippen LogP contribution is -2.31. The molecule has 3 aromatic rings. The molecule has 1 aliphatic rings. The van der Waals surface area contributed by atoms with Crippen molar-refractivity contribution in [1.82, 2.24) is 0 Å². The zero-order valence-electron chi connectivity index (χ0n) is 12.8. The normalized spacial score (nSPS) is 18.3. The van der Waals surface area contributed by atoms with E-state index < -0.39 is 6.10 Å². The zero-order valence-corrected chi connectivity index (χ0v) is 12.8. The number of carbonyl (C=O) groups is 1. The van der Waals surface area contributed by atoms with Gasteiger partial charge in [0.15, 0.2) is 6.10 Å². The molecule has 23 heavy (non-hydrogen) atoms. The highest BCUT2D eigenvalue weighted by Crippen LogP contribution is 2.29. The Hall–Kier alpha value is -2.39. The molecule has 0 radical (unpaired) electrons. The Morgan fingerprint density at radius 3 is 2.30 bits per heavy atom. The highest BCUT2D eigenvalue weighted by molar-refractivity contribution is 6.02. The summed E-state index contributed by atoms with van der Waals surface area (Å²) < 4.78 is 11.0. The lowest BCUT2D eigenvalue weighted by atomic mass is 9.97. The third-order valence-electron chi connectivity index (χ3n) is 4.43. The maximum absolute atomic E-state index is 11.8. The number of ether oxygens (including phenoxy) is 2. The van der Waals surface area contributed by atoms with Crippen LogP contribution in [0.5, 0.6) is 0 Å². The number of carbonyl (C=O) groups excluding carboxylic acids is 1. The molecule has 4 rings (SSSR count). The fourth-order valence-electron chi connectivity index (χ4n) is 3.25. The average Bonchev–Trinajstić information content (AvgIpc) is 2.60. The highest BCUT2D eigenvalue weighted by Gasteiger charge is 2.25. The molecular weight excluding hydrogens is 288 g/mol. The predicted molar refractivity (Wildman–Crippen MR) is 90.2 cm³/mol. The van der Waals surface area contributed by atoms with Crippen LogP contribution in [0.15, 0.2) is 54.6 Å². The fourth-order valence-corrected chi connectivity index (χ4v) is 3.25. The minimum atomic E-state index is -0.443. The van der Waals surface area contributed by atoms with Gasteiger partial charge in [0.1, 0.15) is 0 Å². The summed E-state index contributed by atoms with van der Waals surface area (Å²) in [6.07, 6.45) is 1.16. The summed E-state index contributed by atoms with van der Waals surface area (Å²) in [5, 5.41) is 4.73. The molecule has 0 aliphatic carbocycles. The second-order valence-electron chi connectivity index (χ2n) is 5.91. The highest BCUT2D eigenvalue weighted by atomic mass is 16.6. The SMILES string of the molecule is O=C1OCCCC1OCc1c2ccccc2cc2ccccc12. The van der Waals surface area contributed by atoms with E-state index in [1.54, 1.807) is 0 Å². The molecule has 0 bridgehead atoms. The molecule has 0 spiro atoms. The molecule has 3 heteroatoms. The van der Waals surface area contributed by atoms with Crippen molar-refractivity contribution < 1.29 is 14.3 Å². The topological polar surface area (TPSA) is 35.5 Å². The third kappa shape index (κ3) is 2.68. The first-order chi connectivity index (χ1) is 11.3. The standard InChI is InChI=1S/C20H18O3/c21-20-19(10-5-11-22-20)23-13-18-16-8-3-1-6-14(16)12-15-7-2-4-9-17(15)18/h1-4,6-9,12,19H,5,10-11,13H2. The molecule has 1 fully saturated rings. The summed E-state index contributed by atoms with van der Waals surface area (Å²) in [6, 6.07) is 18.8. The van der Waals surface area contributed by atoms with E-state index in [2.05, 4.69) is 30.3 Å². The monoisotopic (exact) mass is 306 g/mol. The molecule has 3 aromatic carbocycles. The van der Waals surface area contributed by atoms with Gasteiger partial charge in [-0.1, -0.05) is 48.5 Å². The third-order valence-corrected chi connectivity index (χ3v) is 4.43. The van der Waals surface area contributed by atoms with Crippen LogP contribution in [0.4, 0.5) is 0 Å². The van der Waals surface area contributed by atoms with Gasteiger partial charge in [-0.05, 0) is 46.0 Å². The quantitative estimate of drug-likeness (QED) is 0.537. The van der Waals surface area contributed by atoms with Crippen LogP contribution >= 0.6 is 0 Å². The lowest BCUT2D eigenvalue weighted by molar-refractivity contribution is -0.164. The molecule has 0 N–H and O–H groups in total. The van der Waals surface area contributed by atoms with E-state index in [0.717, 1.165) is 18.4 Å². The van der Waals surface area contributed by atoms with Gasteiger partial charge in [0.2, 0.25) is 0 Å². The number of hydrogen-bond acceptors (Lipinski definition) is 3. The van der Waals surface area contributed by atoms with Gasteiger partial charge in [-0.3, -0.25) is 0 Å². The second kappa shape index (κ2) is 6.01. The van der Waals surface area contributed by atoms with Gasteiger partial charge in [0.05, 0.1) is 13.2 Å². The van der Waals surface area contributed by atoms with E-state index in [-0.39, 0.29) is 5.97 Å². The van der Waals surface area contributed by atoms with E-state index in [0.29, 0.717) is 13.2 Å². The van der Waals surface area contributed by atoms with Crippen molar-refractivity contribution in [3.05, 3.63) is 60.2 Å². The van der Waals surface area contributed by atoms with Gasteiger partial charge in [0, 0.05) is 0 Å². The van der Waals surface area contributed by atoms with Crippen molar-refractivity contribution in [2.24, 2.45) is 0 Å². The summed E-state index contributed by atoms with van der Waals surface area (Å²) in [4.78, 5) is 11.8. The molecule has 1 heterocycles. The van der Waals surface area contributed by atoms with Crippen molar-refractivity contribution in [3.63, 3.8) is 0 Å².